The minimum absolute atomic E-state index is 0. The topological polar surface area (TPSA) is 106 Å². The van der Waals surface area contributed by atoms with Gasteiger partial charge in [-0.25, -0.2) is 0 Å². The third kappa shape index (κ3) is 2.88. The fraction of sp³-hybridized carbons (Fsp3) is 0.333. The van der Waals surface area contributed by atoms with Gasteiger partial charge in [0, 0.05) is 36.1 Å². The van der Waals surface area contributed by atoms with Crippen LogP contribution in [-0.2, 0) is 6.54 Å². The lowest BCUT2D eigenvalue weighted by molar-refractivity contribution is 0.0719. The predicted octanol–water partition coefficient (Wildman–Crippen LogP) is 2.96. The van der Waals surface area contributed by atoms with Crippen LogP contribution in [0.3, 0.4) is 0 Å². The van der Waals surface area contributed by atoms with Crippen LogP contribution in [0.1, 0.15) is 50.4 Å². The Morgan fingerprint density at radius 3 is 2.19 bits per heavy atom. The zero-order valence-electron chi connectivity index (χ0n) is 17.4. The standard InChI is InChI=1S/C24H23N3O4.ClH/c28-21-14-3-1-2-4-15(14)22(29)19-18(21)23(30)17-13(10-26-20(17)24(19)31)9-25-16-11-27-7-5-12(16)6-8-27;/h1-4,10,12,16,25-26,28-29H,5-9,11H2;1H. The van der Waals surface area contributed by atoms with Gasteiger partial charge in [-0.15, -0.1) is 12.4 Å². The van der Waals surface area contributed by atoms with E-state index in [-0.39, 0.29) is 46.3 Å². The fourth-order valence-electron chi connectivity index (χ4n) is 5.57. The van der Waals surface area contributed by atoms with E-state index < -0.39 is 11.6 Å². The number of nitrogens with one attached hydrogen (secondary N) is 2. The van der Waals surface area contributed by atoms with Crippen LogP contribution >= 0.6 is 12.4 Å². The summed E-state index contributed by atoms with van der Waals surface area (Å²) in [6.07, 6.45) is 4.07. The molecule has 2 aromatic carbocycles. The Kier molecular flexibility index (Phi) is 5.00. The quantitative estimate of drug-likeness (QED) is 0.355. The monoisotopic (exact) mass is 453 g/mol. The molecule has 1 aliphatic carbocycles. The molecule has 7 nitrogen and oxygen atoms in total. The molecule has 7 rings (SSSR count). The first kappa shape index (κ1) is 21.0. The summed E-state index contributed by atoms with van der Waals surface area (Å²) in [5.74, 6) is -0.795. The molecule has 1 atom stereocenters. The zero-order valence-corrected chi connectivity index (χ0v) is 18.2. The number of benzene rings is 2. The van der Waals surface area contributed by atoms with Crippen LogP contribution in [0.15, 0.2) is 30.5 Å². The van der Waals surface area contributed by atoms with E-state index in [1.807, 2.05) is 0 Å². The number of rotatable bonds is 3. The summed E-state index contributed by atoms with van der Waals surface area (Å²) < 4.78 is 0. The molecule has 0 saturated carbocycles. The van der Waals surface area contributed by atoms with Crippen molar-refractivity contribution >= 4 is 34.7 Å². The highest BCUT2D eigenvalue weighted by atomic mass is 35.5. The molecule has 3 saturated heterocycles. The molecule has 0 radical (unpaired) electrons. The highest BCUT2D eigenvalue weighted by Gasteiger charge is 2.39. The van der Waals surface area contributed by atoms with Crippen LogP contribution in [0.2, 0.25) is 0 Å². The number of aromatic hydroxyl groups is 2. The van der Waals surface area contributed by atoms with E-state index in [2.05, 4.69) is 15.2 Å². The molecule has 0 amide bonds. The average Bonchev–Trinajstić information content (AvgIpc) is 3.24. The van der Waals surface area contributed by atoms with Crippen molar-refractivity contribution in [3.05, 3.63) is 58.4 Å². The molecule has 3 aliphatic heterocycles. The lowest BCUT2D eigenvalue weighted by Gasteiger charge is -2.45. The van der Waals surface area contributed by atoms with Crippen molar-refractivity contribution in [3.63, 3.8) is 0 Å². The third-order valence-corrected chi connectivity index (χ3v) is 7.24. The number of carbonyl (C=O) groups excluding carboxylic acids is 2. The lowest BCUT2D eigenvalue weighted by Crippen LogP contribution is -2.55. The van der Waals surface area contributed by atoms with Gasteiger partial charge in [-0.05, 0) is 37.4 Å². The van der Waals surface area contributed by atoms with Gasteiger partial charge in [0.15, 0.2) is 5.78 Å². The molecule has 3 aromatic rings. The number of hydrogen-bond donors (Lipinski definition) is 4. The minimum atomic E-state index is -0.475. The van der Waals surface area contributed by atoms with Crippen molar-refractivity contribution in [1.82, 2.24) is 15.2 Å². The maximum atomic E-state index is 13.5. The molecule has 4 N–H and O–H groups in total. The number of nitrogens with zero attached hydrogens (tertiary/aromatic N) is 1. The Hall–Kier alpha value is -2.87. The second-order valence-corrected chi connectivity index (χ2v) is 8.84. The van der Waals surface area contributed by atoms with Crippen LogP contribution < -0.4 is 5.32 Å². The van der Waals surface area contributed by atoms with Gasteiger partial charge >= 0.3 is 0 Å². The van der Waals surface area contributed by atoms with Gasteiger partial charge in [-0.2, -0.15) is 0 Å². The number of phenols is 2. The van der Waals surface area contributed by atoms with Crippen LogP contribution in [0.25, 0.3) is 10.8 Å². The maximum absolute atomic E-state index is 13.5. The van der Waals surface area contributed by atoms with Crippen molar-refractivity contribution in [3.8, 4) is 11.5 Å². The van der Waals surface area contributed by atoms with Crippen molar-refractivity contribution in [2.45, 2.75) is 25.4 Å². The molecule has 3 fully saturated rings. The van der Waals surface area contributed by atoms with Crippen molar-refractivity contribution in [1.29, 1.82) is 0 Å². The number of piperidine rings is 3. The lowest BCUT2D eigenvalue weighted by atomic mass is 9.82. The summed E-state index contributed by atoms with van der Waals surface area (Å²) in [6.45, 7) is 3.79. The number of phenolic OH excluding ortho intramolecular Hbond substituents is 2. The summed E-state index contributed by atoms with van der Waals surface area (Å²) in [7, 11) is 0. The SMILES string of the molecule is Cl.O=C1c2[nH]cc(CNC3CN4CCC3CC4)c2C(=O)c2c1c(O)c1ccccc1c2O. The van der Waals surface area contributed by atoms with Gasteiger partial charge in [-0.1, -0.05) is 24.3 Å². The van der Waals surface area contributed by atoms with Crippen molar-refractivity contribution < 1.29 is 19.8 Å². The predicted molar refractivity (Wildman–Crippen MR) is 122 cm³/mol. The molecule has 4 aliphatic rings. The van der Waals surface area contributed by atoms with Crippen LogP contribution in [0.4, 0.5) is 0 Å². The van der Waals surface area contributed by atoms with E-state index in [4.69, 9.17) is 0 Å². The Labute approximate surface area is 190 Å². The average molecular weight is 454 g/mol. The van der Waals surface area contributed by atoms with Crippen LogP contribution in [-0.4, -0.2) is 57.3 Å². The van der Waals surface area contributed by atoms with Crippen LogP contribution in [0.5, 0.6) is 11.5 Å². The number of aromatic amines is 1. The number of halogens is 1. The summed E-state index contributed by atoms with van der Waals surface area (Å²) >= 11 is 0. The number of ketones is 2. The molecule has 1 unspecified atom stereocenters. The number of fused-ring (bicyclic) bond motifs is 6. The number of H-pyrrole nitrogens is 1. The van der Waals surface area contributed by atoms with Gasteiger partial charge in [0.2, 0.25) is 5.78 Å². The highest BCUT2D eigenvalue weighted by Crippen LogP contribution is 2.44. The summed E-state index contributed by atoms with van der Waals surface area (Å²) in [4.78, 5) is 32.1. The molecular formula is C24H24ClN3O4. The Bertz CT molecular complexity index is 1260. The molecule has 2 bridgehead atoms. The molecule has 0 spiro atoms. The van der Waals surface area contributed by atoms with E-state index >= 15 is 0 Å². The Morgan fingerprint density at radius 2 is 1.59 bits per heavy atom. The first-order chi connectivity index (χ1) is 15.0. The van der Waals surface area contributed by atoms with Gasteiger partial charge in [-0.3, -0.25) is 9.59 Å². The molecular weight excluding hydrogens is 430 g/mol. The number of hydrogen-bond acceptors (Lipinski definition) is 6. The summed E-state index contributed by atoms with van der Waals surface area (Å²) in [5, 5.41) is 25.9. The van der Waals surface area contributed by atoms with Gasteiger partial charge in [0.25, 0.3) is 0 Å². The fourth-order valence-corrected chi connectivity index (χ4v) is 5.57. The molecule has 1 aromatic heterocycles. The Morgan fingerprint density at radius 1 is 0.969 bits per heavy atom. The van der Waals surface area contributed by atoms with Gasteiger partial charge in [0.1, 0.15) is 11.5 Å². The smallest absolute Gasteiger partial charge is 0.214 e. The molecule has 32 heavy (non-hydrogen) atoms. The largest absolute Gasteiger partial charge is 0.506 e. The molecule has 4 heterocycles. The first-order valence-corrected chi connectivity index (χ1v) is 10.8. The van der Waals surface area contributed by atoms with Gasteiger partial charge in [0.05, 0.1) is 22.4 Å². The molecule has 166 valence electrons. The first-order valence-electron chi connectivity index (χ1n) is 10.8. The second kappa shape index (κ2) is 7.62. The highest BCUT2D eigenvalue weighted by molar-refractivity contribution is 6.32. The Balaban J connectivity index is 0.00000216. The van der Waals surface area contributed by atoms with E-state index in [0.29, 0.717) is 34.8 Å². The van der Waals surface area contributed by atoms with Crippen molar-refractivity contribution in [2.24, 2.45) is 5.92 Å². The van der Waals surface area contributed by atoms with Crippen LogP contribution in [0, 0.1) is 5.92 Å². The number of aromatic nitrogens is 1. The van der Waals surface area contributed by atoms with Gasteiger partial charge < -0.3 is 25.4 Å². The van der Waals surface area contributed by atoms with Crippen molar-refractivity contribution in [2.75, 3.05) is 19.6 Å². The van der Waals surface area contributed by atoms with E-state index in [1.54, 1.807) is 30.5 Å². The normalized spacial score (nSPS) is 23.7. The van der Waals surface area contributed by atoms with E-state index in [1.165, 1.54) is 12.8 Å². The zero-order chi connectivity index (χ0) is 21.3. The minimum Gasteiger partial charge on any atom is -0.506 e. The number of carbonyl (C=O) groups is 2. The summed E-state index contributed by atoms with van der Waals surface area (Å²) in [5.41, 5.74) is 0.928. The van der Waals surface area contributed by atoms with E-state index in [0.717, 1.165) is 19.6 Å². The third-order valence-electron chi connectivity index (χ3n) is 7.24. The second-order valence-electron chi connectivity index (χ2n) is 8.84. The summed E-state index contributed by atoms with van der Waals surface area (Å²) in [6, 6.07) is 7.05. The molecule has 8 heteroatoms. The van der Waals surface area contributed by atoms with E-state index in [9.17, 15) is 19.8 Å². The maximum Gasteiger partial charge on any atom is 0.214 e.